The van der Waals surface area contributed by atoms with E-state index in [2.05, 4.69) is 4.74 Å². The van der Waals surface area contributed by atoms with Crippen molar-refractivity contribution in [2.45, 2.75) is 36.1 Å². The van der Waals surface area contributed by atoms with Gasteiger partial charge in [-0.3, -0.25) is 4.79 Å². The van der Waals surface area contributed by atoms with Gasteiger partial charge in [-0.15, -0.1) is 11.8 Å². The van der Waals surface area contributed by atoms with Gasteiger partial charge in [-0.25, -0.2) is 4.79 Å². The second kappa shape index (κ2) is 4.15. The summed E-state index contributed by atoms with van der Waals surface area (Å²) in [5.74, 6) is -0.903. The molecule has 1 N–H and O–H groups in total. The van der Waals surface area contributed by atoms with E-state index in [0.717, 1.165) is 0 Å². The van der Waals surface area contributed by atoms with E-state index in [0.29, 0.717) is 0 Å². The number of aliphatic hydroxyl groups is 1. The van der Waals surface area contributed by atoms with Crippen LogP contribution in [-0.2, 0) is 19.1 Å². The molecule has 3 atom stereocenters. The Morgan fingerprint density at radius 2 is 2.24 bits per heavy atom. The molecule has 0 spiro atoms. The van der Waals surface area contributed by atoms with Crippen molar-refractivity contribution in [2.75, 3.05) is 13.9 Å². The minimum atomic E-state index is -1.00. The molecule has 0 unspecified atom stereocenters. The predicted octanol–water partition coefficient (Wildman–Crippen LogP) is -0.443. The Morgan fingerprint density at radius 1 is 1.59 bits per heavy atom. The lowest BCUT2D eigenvalue weighted by Crippen LogP contribution is -2.65. The second-order valence-corrected chi connectivity index (χ2v) is 6.35. The van der Waals surface area contributed by atoms with Crippen LogP contribution in [0.1, 0.15) is 13.8 Å². The Hall–Kier alpha value is -0.790. The number of carbonyl (C=O) groups excluding carboxylic acids is 2. The Labute approximate surface area is 103 Å². The van der Waals surface area contributed by atoms with Crippen molar-refractivity contribution >= 4 is 23.6 Å². The number of thioether (sulfide) groups is 1. The molecule has 6 nitrogen and oxygen atoms in total. The molecule has 0 aromatic rings. The average Bonchev–Trinajstić information content (AvgIpc) is 2.54. The highest BCUT2D eigenvalue weighted by Gasteiger charge is 2.63. The van der Waals surface area contributed by atoms with E-state index >= 15 is 0 Å². The largest absolute Gasteiger partial charge is 0.437 e. The second-order valence-electron chi connectivity index (χ2n) is 4.57. The van der Waals surface area contributed by atoms with Gasteiger partial charge in [0.2, 0.25) is 0 Å². The summed E-state index contributed by atoms with van der Waals surface area (Å²) in [7, 11) is 1.42. The van der Waals surface area contributed by atoms with Crippen molar-refractivity contribution in [1.29, 1.82) is 0 Å². The first kappa shape index (κ1) is 12.7. The number of esters is 1. The maximum atomic E-state index is 11.9. The Bertz CT molecular complexity index is 359. The van der Waals surface area contributed by atoms with Gasteiger partial charge < -0.3 is 19.5 Å². The molecule has 0 aromatic carbocycles. The van der Waals surface area contributed by atoms with Crippen LogP contribution in [0.15, 0.2) is 0 Å². The highest BCUT2D eigenvalue weighted by molar-refractivity contribution is 8.01. The van der Waals surface area contributed by atoms with Gasteiger partial charge in [0, 0.05) is 11.9 Å². The molecule has 2 heterocycles. The van der Waals surface area contributed by atoms with Crippen molar-refractivity contribution < 1.29 is 24.2 Å². The molecule has 1 amide bonds. The van der Waals surface area contributed by atoms with Crippen molar-refractivity contribution in [3.05, 3.63) is 0 Å². The fourth-order valence-corrected chi connectivity index (χ4v) is 3.71. The van der Waals surface area contributed by atoms with Crippen LogP contribution in [0, 0.1) is 0 Å². The van der Waals surface area contributed by atoms with E-state index in [1.807, 2.05) is 13.8 Å². The molecule has 0 saturated carbocycles. The summed E-state index contributed by atoms with van der Waals surface area (Å²) in [6.45, 7) is 3.58. The van der Waals surface area contributed by atoms with Crippen molar-refractivity contribution in [3.63, 3.8) is 0 Å². The van der Waals surface area contributed by atoms with Gasteiger partial charge in [-0.05, 0) is 13.8 Å². The quantitative estimate of drug-likeness (QED) is 0.421. The van der Waals surface area contributed by atoms with Crippen LogP contribution >= 0.6 is 11.8 Å². The number of methoxy groups -OCH3 is 1. The highest BCUT2D eigenvalue weighted by Crippen LogP contribution is 2.50. The van der Waals surface area contributed by atoms with Gasteiger partial charge in [0.05, 0.1) is 0 Å². The molecule has 0 aromatic heterocycles. The Balaban J connectivity index is 2.14. The van der Waals surface area contributed by atoms with E-state index < -0.39 is 28.8 Å². The molecule has 2 aliphatic heterocycles. The monoisotopic (exact) mass is 261 g/mol. The number of aliphatic hydroxyl groups excluding tert-OH is 1. The summed E-state index contributed by atoms with van der Waals surface area (Å²) in [4.78, 5) is 24.8. The van der Waals surface area contributed by atoms with Crippen LogP contribution in [0.5, 0.6) is 0 Å². The van der Waals surface area contributed by atoms with Gasteiger partial charge in [-0.2, -0.15) is 0 Å². The summed E-state index contributed by atoms with van der Waals surface area (Å²) in [5, 5.41) is 9.17. The smallest absolute Gasteiger partial charge is 0.332 e. The Kier molecular flexibility index (Phi) is 3.09. The fourth-order valence-electron chi connectivity index (χ4n) is 2.17. The van der Waals surface area contributed by atoms with Crippen LogP contribution in [-0.4, -0.2) is 58.1 Å². The topological polar surface area (TPSA) is 76.1 Å². The van der Waals surface area contributed by atoms with Crippen LogP contribution < -0.4 is 0 Å². The molecule has 7 heteroatoms. The number of carbonyl (C=O) groups is 2. The van der Waals surface area contributed by atoms with Crippen LogP contribution in [0.2, 0.25) is 0 Å². The number of fused-ring (bicyclic) bond motifs is 1. The number of hydrogen-bond acceptors (Lipinski definition) is 6. The van der Waals surface area contributed by atoms with E-state index in [9.17, 15) is 14.7 Å². The molecule has 96 valence electrons. The van der Waals surface area contributed by atoms with Crippen molar-refractivity contribution in [2.24, 2.45) is 0 Å². The number of amides is 1. The van der Waals surface area contributed by atoms with Gasteiger partial charge in [0.1, 0.15) is 11.4 Å². The van der Waals surface area contributed by atoms with Crippen molar-refractivity contribution in [1.82, 2.24) is 4.90 Å². The molecule has 2 rings (SSSR count). The van der Waals surface area contributed by atoms with Gasteiger partial charge >= 0.3 is 5.97 Å². The predicted molar refractivity (Wildman–Crippen MR) is 60.1 cm³/mol. The van der Waals surface area contributed by atoms with Crippen LogP contribution in [0.4, 0.5) is 0 Å². The van der Waals surface area contributed by atoms with Gasteiger partial charge in [0.25, 0.3) is 5.91 Å². The standard InChI is InChI=1S/C10H15NO5S/c1-10(2)6(9(14)16-4-15-3)11-7(13)5(12)8(11)17-10/h5-6,8,12H,4H2,1-3H3/t5-,6+,8-/m1/s1. The molecule has 0 bridgehead atoms. The fraction of sp³-hybridized carbons (Fsp3) is 0.800. The number of hydrogen-bond donors (Lipinski definition) is 1. The molecular formula is C10H15NO5S. The summed E-state index contributed by atoms with van der Waals surface area (Å²) < 4.78 is 9.09. The zero-order valence-electron chi connectivity index (χ0n) is 9.87. The van der Waals surface area contributed by atoms with Crippen LogP contribution in [0.25, 0.3) is 0 Å². The molecule has 2 saturated heterocycles. The Morgan fingerprint density at radius 3 is 2.82 bits per heavy atom. The van der Waals surface area contributed by atoms with Crippen molar-refractivity contribution in [3.8, 4) is 0 Å². The highest BCUT2D eigenvalue weighted by atomic mass is 32.2. The first-order chi connectivity index (χ1) is 7.90. The lowest BCUT2D eigenvalue weighted by atomic mass is 9.97. The van der Waals surface area contributed by atoms with E-state index in [-0.39, 0.29) is 12.2 Å². The first-order valence-corrected chi connectivity index (χ1v) is 6.12. The van der Waals surface area contributed by atoms with Gasteiger partial charge in [0.15, 0.2) is 12.9 Å². The summed E-state index contributed by atoms with van der Waals surface area (Å²) in [6, 6.07) is -0.663. The normalized spacial score (nSPS) is 34.2. The zero-order valence-corrected chi connectivity index (χ0v) is 10.7. The van der Waals surface area contributed by atoms with Crippen LogP contribution in [0.3, 0.4) is 0 Å². The van der Waals surface area contributed by atoms with E-state index in [1.165, 1.54) is 23.8 Å². The number of rotatable bonds is 3. The minimum absolute atomic E-state index is 0.134. The zero-order chi connectivity index (χ0) is 12.8. The lowest BCUT2D eigenvalue weighted by molar-refractivity contribution is -0.176. The van der Waals surface area contributed by atoms with E-state index in [4.69, 9.17) is 4.74 Å². The van der Waals surface area contributed by atoms with Gasteiger partial charge in [-0.1, -0.05) is 0 Å². The molecule has 0 radical (unpaired) electrons. The summed E-state index contributed by atoms with van der Waals surface area (Å²) in [5.41, 5.74) is 0. The third-order valence-electron chi connectivity index (χ3n) is 2.96. The van der Waals surface area contributed by atoms with E-state index in [1.54, 1.807) is 0 Å². The number of β-lactam (4-membered cyclic amide) rings is 1. The maximum absolute atomic E-state index is 11.9. The molecule has 0 aliphatic carbocycles. The number of ether oxygens (including phenoxy) is 2. The summed E-state index contributed by atoms with van der Waals surface area (Å²) in [6.07, 6.45) is -1.00. The summed E-state index contributed by atoms with van der Waals surface area (Å²) >= 11 is 1.41. The SMILES string of the molecule is COCOC(=O)[C@@H]1N2C(=O)[C@@H](O)[C@H]2SC1(C)C. The molecule has 17 heavy (non-hydrogen) atoms. The number of nitrogens with zero attached hydrogens (tertiary/aromatic N) is 1. The third kappa shape index (κ3) is 1.82. The molecular weight excluding hydrogens is 246 g/mol. The molecule has 2 aliphatic rings. The third-order valence-corrected chi connectivity index (χ3v) is 4.51. The average molecular weight is 261 g/mol. The lowest BCUT2D eigenvalue weighted by Gasteiger charge is -2.40. The maximum Gasteiger partial charge on any atom is 0.332 e. The first-order valence-electron chi connectivity index (χ1n) is 5.24. The molecule has 2 fully saturated rings. The minimum Gasteiger partial charge on any atom is -0.437 e.